The van der Waals surface area contributed by atoms with Gasteiger partial charge in [-0.2, -0.15) is 0 Å². The van der Waals surface area contributed by atoms with Gasteiger partial charge >= 0.3 is 0 Å². The predicted octanol–water partition coefficient (Wildman–Crippen LogP) is 14.6. The summed E-state index contributed by atoms with van der Waals surface area (Å²) in [5.74, 6) is 0. The van der Waals surface area contributed by atoms with Gasteiger partial charge in [0.25, 0.3) is 0 Å². The van der Waals surface area contributed by atoms with Crippen LogP contribution in [0.25, 0.3) is 76.5 Å². The number of benzene rings is 10. The van der Waals surface area contributed by atoms with E-state index in [1.165, 1.54) is 87.7 Å². The smallest absolute Gasteiger partial charge is 0.130 e. The fourth-order valence-electron chi connectivity index (χ4n) is 8.80. The molecule has 0 saturated heterocycles. The molecule has 10 aromatic rings. The number of hydrogen-bond acceptors (Lipinski definition) is 2. The Balaban J connectivity index is 1.10. The van der Waals surface area contributed by atoms with E-state index in [0.717, 1.165) is 11.4 Å². The second-order valence-corrected chi connectivity index (χ2v) is 14.6. The van der Waals surface area contributed by atoms with Gasteiger partial charge in [0.1, 0.15) is 6.17 Å². The van der Waals surface area contributed by atoms with Crippen molar-refractivity contribution in [3.05, 3.63) is 212 Å². The topological polar surface area (TPSA) is 15.3 Å². The lowest BCUT2D eigenvalue weighted by Crippen LogP contribution is -2.23. The first-order valence-corrected chi connectivity index (χ1v) is 19.0. The quantitative estimate of drug-likeness (QED) is 0.180. The van der Waals surface area contributed by atoms with E-state index in [1.807, 2.05) is 0 Å². The number of anilines is 3. The van der Waals surface area contributed by atoms with E-state index in [2.05, 4.69) is 216 Å². The summed E-state index contributed by atoms with van der Waals surface area (Å²) in [5.41, 5.74) is 12.1. The van der Waals surface area contributed by atoms with Gasteiger partial charge in [-0.25, -0.2) is 0 Å². The summed E-state index contributed by atoms with van der Waals surface area (Å²) in [4.78, 5) is 2.41. The Hall–Kier alpha value is -7.16. The van der Waals surface area contributed by atoms with Crippen molar-refractivity contribution in [3.63, 3.8) is 0 Å². The average Bonchev–Trinajstić information content (AvgIpc) is 3.65. The maximum Gasteiger partial charge on any atom is 0.130 e. The highest BCUT2D eigenvalue weighted by Gasteiger charge is 2.30. The van der Waals surface area contributed by atoms with Crippen LogP contribution in [-0.4, -0.2) is 0 Å². The van der Waals surface area contributed by atoms with Crippen LogP contribution in [0.4, 0.5) is 17.1 Å². The summed E-state index contributed by atoms with van der Waals surface area (Å²) in [5, 5.41) is 13.8. The van der Waals surface area contributed by atoms with E-state index in [4.69, 9.17) is 0 Å². The van der Waals surface area contributed by atoms with Crippen LogP contribution < -0.4 is 10.2 Å². The largest absolute Gasteiger partial charge is 0.359 e. The molecule has 1 heterocycles. The molecule has 11 rings (SSSR count). The van der Waals surface area contributed by atoms with Gasteiger partial charge in [-0.3, -0.25) is 0 Å². The third-order valence-corrected chi connectivity index (χ3v) is 11.4. The molecular formula is C53H36N2. The lowest BCUT2D eigenvalue weighted by Gasteiger charge is -2.27. The molecule has 0 amide bonds. The van der Waals surface area contributed by atoms with Crippen molar-refractivity contribution in [2.24, 2.45) is 0 Å². The number of fused-ring (bicyclic) bond motifs is 5. The monoisotopic (exact) mass is 700 g/mol. The number of hydrogen-bond donors (Lipinski definition) is 1. The van der Waals surface area contributed by atoms with E-state index in [1.54, 1.807) is 0 Å². The van der Waals surface area contributed by atoms with Crippen LogP contribution in [0.5, 0.6) is 0 Å². The van der Waals surface area contributed by atoms with Crippen LogP contribution in [0.15, 0.2) is 206 Å². The summed E-state index contributed by atoms with van der Waals surface area (Å²) in [7, 11) is 0. The van der Waals surface area contributed by atoms with Gasteiger partial charge in [0, 0.05) is 5.69 Å². The maximum absolute atomic E-state index is 3.77. The minimum absolute atomic E-state index is 0.0106. The minimum Gasteiger partial charge on any atom is -0.359 e. The van der Waals surface area contributed by atoms with Crippen molar-refractivity contribution in [1.82, 2.24) is 0 Å². The maximum atomic E-state index is 3.77. The molecule has 0 saturated carbocycles. The van der Waals surface area contributed by atoms with Gasteiger partial charge in [-0.1, -0.05) is 164 Å². The zero-order valence-corrected chi connectivity index (χ0v) is 30.2. The van der Waals surface area contributed by atoms with Gasteiger partial charge < -0.3 is 10.2 Å². The SMILES string of the molecule is c1ccc(C2Nc3ccccc3N2c2ccc(-c3ccc4c(-c5ccc6ccccc6c5)c5ccccc5c(-c5ccc6ccccc6c5)c4c3)cc2)cc1. The molecule has 10 aromatic carbocycles. The van der Waals surface area contributed by atoms with E-state index in [9.17, 15) is 0 Å². The normalized spacial score (nSPS) is 13.7. The zero-order chi connectivity index (χ0) is 36.3. The van der Waals surface area contributed by atoms with Crippen LogP contribution in [0, 0.1) is 0 Å². The molecule has 0 aliphatic carbocycles. The molecule has 1 aliphatic heterocycles. The Morgan fingerprint density at radius 2 is 0.855 bits per heavy atom. The fraction of sp³-hybridized carbons (Fsp3) is 0.0189. The lowest BCUT2D eigenvalue weighted by molar-refractivity contribution is 0.828. The van der Waals surface area contributed by atoms with E-state index >= 15 is 0 Å². The van der Waals surface area contributed by atoms with Crippen molar-refractivity contribution >= 4 is 60.2 Å². The van der Waals surface area contributed by atoms with E-state index < -0.39 is 0 Å². The molecule has 2 heteroatoms. The first-order chi connectivity index (χ1) is 27.3. The summed E-state index contributed by atoms with van der Waals surface area (Å²) in [6, 6.07) is 75.5. The number of rotatable bonds is 5. The average molecular weight is 701 g/mol. The van der Waals surface area contributed by atoms with Crippen molar-refractivity contribution in [2.75, 3.05) is 10.2 Å². The predicted molar refractivity (Wildman–Crippen MR) is 234 cm³/mol. The molecule has 0 spiro atoms. The Morgan fingerprint density at radius 1 is 0.345 bits per heavy atom. The molecule has 1 atom stereocenters. The van der Waals surface area contributed by atoms with E-state index in [-0.39, 0.29) is 6.17 Å². The third kappa shape index (κ3) is 5.26. The number of nitrogens with one attached hydrogen (secondary N) is 1. The molecule has 0 fully saturated rings. The first kappa shape index (κ1) is 31.4. The van der Waals surface area contributed by atoms with E-state index in [0.29, 0.717) is 0 Å². The summed E-state index contributed by atoms with van der Waals surface area (Å²) >= 11 is 0. The van der Waals surface area contributed by atoms with Crippen molar-refractivity contribution in [1.29, 1.82) is 0 Å². The van der Waals surface area contributed by atoms with Crippen LogP contribution in [0.3, 0.4) is 0 Å². The highest BCUT2D eigenvalue weighted by Crippen LogP contribution is 2.48. The van der Waals surface area contributed by atoms with Crippen molar-refractivity contribution in [2.45, 2.75) is 6.17 Å². The fourth-order valence-corrected chi connectivity index (χ4v) is 8.80. The molecule has 1 unspecified atom stereocenters. The van der Waals surface area contributed by atoms with Gasteiger partial charge in [-0.15, -0.1) is 0 Å². The summed E-state index contributed by atoms with van der Waals surface area (Å²) in [6.07, 6.45) is 0.0106. The second kappa shape index (κ2) is 12.8. The van der Waals surface area contributed by atoms with Crippen LogP contribution in [0.2, 0.25) is 0 Å². The molecule has 1 aliphatic rings. The van der Waals surface area contributed by atoms with Crippen molar-refractivity contribution < 1.29 is 0 Å². The highest BCUT2D eigenvalue weighted by molar-refractivity contribution is 6.22. The second-order valence-electron chi connectivity index (χ2n) is 14.6. The molecule has 258 valence electrons. The minimum atomic E-state index is 0.0106. The van der Waals surface area contributed by atoms with Gasteiger partial charge in [0.2, 0.25) is 0 Å². The first-order valence-electron chi connectivity index (χ1n) is 19.0. The summed E-state index contributed by atoms with van der Waals surface area (Å²) < 4.78 is 0. The molecule has 0 radical (unpaired) electrons. The van der Waals surface area contributed by atoms with Gasteiger partial charge in [-0.05, 0) is 124 Å². The molecule has 1 N–H and O–H groups in total. The van der Waals surface area contributed by atoms with Crippen LogP contribution in [0.1, 0.15) is 11.7 Å². The number of nitrogens with zero attached hydrogens (tertiary/aromatic N) is 1. The van der Waals surface area contributed by atoms with Crippen molar-refractivity contribution in [3.8, 4) is 33.4 Å². The molecule has 0 bridgehead atoms. The molecular weight excluding hydrogens is 665 g/mol. The Kier molecular flexibility index (Phi) is 7.28. The number of para-hydroxylation sites is 2. The zero-order valence-electron chi connectivity index (χ0n) is 30.2. The Labute approximate surface area is 320 Å². The molecule has 2 nitrogen and oxygen atoms in total. The lowest BCUT2D eigenvalue weighted by atomic mass is 9.84. The van der Waals surface area contributed by atoms with Gasteiger partial charge in [0.05, 0.1) is 11.4 Å². The molecule has 0 aromatic heterocycles. The molecule has 55 heavy (non-hydrogen) atoms. The van der Waals surface area contributed by atoms with Gasteiger partial charge in [0.15, 0.2) is 0 Å². The highest BCUT2D eigenvalue weighted by atomic mass is 15.3. The summed E-state index contributed by atoms with van der Waals surface area (Å²) in [6.45, 7) is 0. The Morgan fingerprint density at radius 3 is 1.53 bits per heavy atom. The van der Waals surface area contributed by atoms with Crippen LogP contribution >= 0.6 is 0 Å². The van der Waals surface area contributed by atoms with Crippen LogP contribution in [-0.2, 0) is 0 Å². The Bertz CT molecular complexity index is 3070. The third-order valence-electron chi connectivity index (χ3n) is 11.4. The standard InChI is InChI=1S/C53H36N2/c1-2-14-38(15-3-1)53-54-49-20-10-11-21-50(49)55(53)44-29-26-37(27-30-44)41-28-31-47-48(34-41)52(43-25-23-36-13-5-7-17-40(36)33-43)46-19-9-8-18-45(46)51(47)42-24-22-35-12-4-6-16-39(35)32-42/h1-34,53-54H.